The lowest BCUT2D eigenvalue weighted by Gasteiger charge is -2.15. The Balaban J connectivity index is 2.98. The van der Waals surface area contributed by atoms with Gasteiger partial charge in [-0.2, -0.15) is 4.31 Å². The van der Waals surface area contributed by atoms with Crippen molar-refractivity contribution < 1.29 is 18.3 Å². The van der Waals surface area contributed by atoms with Crippen LogP contribution in [0.4, 0.5) is 0 Å². The lowest BCUT2D eigenvalue weighted by Crippen LogP contribution is -2.38. The minimum atomic E-state index is -3.71. The molecular formula is C7H7BrNO4S2-. The molecule has 0 aliphatic carbocycles. The van der Waals surface area contributed by atoms with E-state index in [0.717, 1.165) is 15.6 Å². The van der Waals surface area contributed by atoms with Crippen molar-refractivity contribution in [3.63, 3.8) is 0 Å². The quantitative estimate of drug-likeness (QED) is 0.776. The van der Waals surface area contributed by atoms with Crippen LogP contribution in [0.5, 0.6) is 0 Å². The normalized spacial score (nSPS) is 11.9. The van der Waals surface area contributed by atoms with Crippen LogP contribution in [0.1, 0.15) is 0 Å². The third-order valence-electron chi connectivity index (χ3n) is 1.56. The average Bonchev–Trinajstić information content (AvgIpc) is 2.50. The first-order valence-electron chi connectivity index (χ1n) is 3.75. The fourth-order valence-corrected chi connectivity index (χ4v) is 4.19. The Hall–Kier alpha value is -0.440. The van der Waals surface area contributed by atoms with E-state index in [4.69, 9.17) is 0 Å². The van der Waals surface area contributed by atoms with E-state index in [0.29, 0.717) is 3.79 Å². The maximum absolute atomic E-state index is 11.7. The summed E-state index contributed by atoms with van der Waals surface area (Å²) in [6.07, 6.45) is 0. The summed E-state index contributed by atoms with van der Waals surface area (Å²) in [6, 6.07) is 3.00. The van der Waals surface area contributed by atoms with Gasteiger partial charge in [-0.15, -0.1) is 11.3 Å². The molecule has 1 aromatic rings. The molecule has 5 nitrogen and oxygen atoms in total. The Labute approximate surface area is 99.5 Å². The molecule has 15 heavy (non-hydrogen) atoms. The summed E-state index contributed by atoms with van der Waals surface area (Å²) in [5.41, 5.74) is 0. The number of hydrogen-bond donors (Lipinski definition) is 0. The highest BCUT2D eigenvalue weighted by molar-refractivity contribution is 9.11. The van der Waals surface area contributed by atoms with Gasteiger partial charge in [0.25, 0.3) is 10.0 Å². The molecule has 0 unspecified atom stereocenters. The number of hydrogen-bond acceptors (Lipinski definition) is 5. The van der Waals surface area contributed by atoms with Crippen LogP contribution in [-0.4, -0.2) is 32.3 Å². The molecule has 1 rings (SSSR count). The summed E-state index contributed by atoms with van der Waals surface area (Å²) in [7, 11) is -2.52. The van der Waals surface area contributed by atoms with Gasteiger partial charge in [0, 0.05) is 7.05 Å². The molecule has 0 aliphatic rings. The first-order chi connectivity index (χ1) is 6.84. The molecule has 0 saturated heterocycles. The average molecular weight is 313 g/mol. The lowest BCUT2D eigenvalue weighted by atomic mass is 10.7. The van der Waals surface area contributed by atoms with Crippen molar-refractivity contribution in [2.75, 3.05) is 13.6 Å². The Morgan fingerprint density at radius 2 is 2.20 bits per heavy atom. The second-order valence-electron chi connectivity index (χ2n) is 2.69. The number of thiophene rings is 1. The van der Waals surface area contributed by atoms with Gasteiger partial charge < -0.3 is 9.90 Å². The van der Waals surface area contributed by atoms with Gasteiger partial charge in [0.1, 0.15) is 4.21 Å². The van der Waals surface area contributed by atoms with Crippen molar-refractivity contribution in [2.24, 2.45) is 0 Å². The number of aliphatic carboxylic acids is 1. The number of carboxylic acid groups (broad SMARTS) is 1. The number of carbonyl (C=O) groups excluding carboxylic acids is 1. The van der Waals surface area contributed by atoms with Crippen LogP contribution < -0.4 is 5.11 Å². The molecular weight excluding hydrogens is 306 g/mol. The van der Waals surface area contributed by atoms with Crippen LogP contribution in [0.15, 0.2) is 20.1 Å². The summed E-state index contributed by atoms with van der Waals surface area (Å²) in [4.78, 5) is 10.3. The summed E-state index contributed by atoms with van der Waals surface area (Å²) in [5.74, 6) is -1.43. The van der Waals surface area contributed by atoms with Crippen LogP contribution in [0, 0.1) is 0 Å². The molecule has 8 heteroatoms. The van der Waals surface area contributed by atoms with E-state index in [1.165, 1.54) is 13.1 Å². The molecule has 0 bridgehead atoms. The van der Waals surface area contributed by atoms with Crippen LogP contribution in [0.25, 0.3) is 0 Å². The molecule has 0 N–H and O–H groups in total. The number of likely N-dealkylation sites (N-methyl/N-ethyl adjacent to an activating group) is 1. The first kappa shape index (κ1) is 12.6. The third kappa shape index (κ3) is 3.00. The van der Waals surface area contributed by atoms with E-state index >= 15 is 0 Å². The van der Waals surface area contributed by atoms with Gasteiger partial charge in [0.2, 0.25) is 0 Å². The minimum absolute atomic E-state index is 0.0955. The monoisotopic (exact) mass is 312 g/mol. The third-order valence-corrected chi connectivity index (χ3v) is 5.46. The maximum Gasteiger partial charge on any atom is 0.252 e. The number of sulfonamides is 1. The van der Waals surface area contributed by atoms with E-state index in [1.54, 1.807) is 6.07 Å². The lowest BCUT2D eigenvalue weighted by molar-refractivity contribution is -0.305. The van der Waals surface area contributed by atoms with Crippen LogP contribution >= 0.6 is 27.3 Å². The van der Waals surface area contributed by atoms with E-state index in [1.807, 2.05) is 0 Å². The zero-order valence-corrected chi connectivity index (χ0v) is 10.9. The summed E-state index contributed by atoms with van der Waals surface area (Å²) >= 11 is 4.16. The van der Waals surface area contributed by atoms with Crippen molar-refractivity contribution >= 4 is 43.3 Å². The van der Waals surface area contributed by atoms with Gasteiger partial charge in [0.05, 0.1) is 16.3 Å². The molecule has 0 amide bonds. The van der Waals surface area contributed by atoms with Gasteiger partial charge in [0.15, 0.2) is 0 Å². The molecule has 0 aromatic carbocycles. The molecule has 1 heterocycles. The second-order valence-corrected chi connectivity index (χ2v) is 7.43. The Morgan fingerprint density at radius 1 is 1.60 bits per heavy atom. The molecule has 1 aromatic heterocycles. The largest absolute Gasteiger partial charge is 0.549 e. The molecule has 0 saturated carbocycles. The zero-order chi connectivity index (χ0) is 11.6. The van der Waals surface area contributed by atoms with Gasteiger partial charge in [-0.25, -0.2) is 8.42 Å². The smallest absolute Gasteiger partial charge is 0.252 e. The predicted molar refractivity (Wildman–Crippen MR) is 56.8 cm³/mol. The molecule has 0 fully saturated rings. The number of nitrogens with zero attached hydrogens (tertiary/aromatic N) is 1. The van der Waals surface area contributed by atoms with Crippen molar-refractivity contribution in [3.8, 4) is 0 Å². The topological polar surface area (TPSA) is 77.5 Å². The van der Waals surface area contributed by atoms with Gasteiger partial charge in [-0.1, -0.05) is 0 Å². The van der Waals surface area contributed by atoms with Crippen molar-refractivity contribution in [3.05, 3.63) is 15.9 Å². The molecule has 0 spiro atoms. The van der Waals surface area contributed by atoms with Crippen molar-refractivity contribution in [1.29, 1.82) is 0 Å². The van der Waals surface area contributed by atoms with Gasteiger partial charge in [-0.3, -0.25) is 0 Å². The van der Waals surface area contributed by atoms with Gasteiger partial charge >= 0.3 is 0 Å². The fourth-order valence-electron chi connectivity index (χ4n) is 0.857. The summed E-state index contributed by atoms with van der Waals surface area (Å²) in [6.45, 7) is -0.655. The molecule has 0 radical (unpaired) electrons. The zero-order valence-electron chi connectivity index (χ0n) is 7.64. The summed E-state index contributed by atoms with van der Waals surface area (Å²) in [5, 5.41) is 10.3. The molecule has 84 valence electrons. The van der Waals surface area contributed by atoms with Crippen molar-refractivity contribution in [2.45, 2.75) is 4.21 Å². The highest BCUT2D eigenvalue weighted by Crippen LogP contribution is 2.27. The van der Waals surface area contributed by atoms with E-state index in [9.17, 15) is 18.3 Å². The standard InChI is InChI=1S/C7H8BrNO4S2/c1-9(4-6(10)11)15(12,13)7-3-2-5(8)14-7/h2-3H,4H2,1H3,(H,10,11)/p-1. The maximum atomic E-state index is 11.7. The second kappa shape index (κ2) is 4.60. The number of carboxylic acids is 1. The number of rotatable bonds is 4. The van der Waals surface area contributed by atoms with Crippen LogP contribution in [-0.2, 0) is 14.8 Å². The SMILES string of the molecule is CN(CC(=O)[O-])S(=O)(=O)c1ccc(Br)s1. The van der Waals surface area contributed by atoms with Crippen LogP contribution in [0.3, 0.4) is 0 Å². The Morgan fingerprint density at radius 3 is 2.60 bits per heavy atom. The Kier molecular flexibility index (Phi) is 3.87. The number of halogens is 1. The van der Waals surface area contributed by atoms with E-state index in [2.05, 4.69) is 15.9 Å². The van der Waals surface area contributed by atoms with Crippen molar-refractivity contribution in [1.82, 2.24) is 4.31 Å². The number of carbonyl (C=O) groups is 1. The van der Waals surface area contributed by atoms with Gasteiger partial charge in [-0.05, 0) is 28.1 Å². The van der Waals surface area contributed by atoms with E-state index < -0.39 is 22.5 Å². The minimum Gasteiger partial charge on any atom is -0.549 e. The first-order valence-corrected chi connectivity index (χ1v) is 6.80. The van der Waals surface area contributed by atoms with E-state index in [-0.39, 0.29) is 4.21 Å². The summed E-state index contributed by atoms with van der Waals surface area (Å²) < 4.78 is 24.9. The highest BCUT2D eigenvalue weighted by atomic mass is 79.9. The molecule has 0 atom stereocenters. The Bertz CT molecular complexity index is 467. The predicted octanol–water partition coefficient (Wildman–Crippen LogP) is -0.119. The van der Waals surface area contributed by atoms with Crippen LogP contribution in [0.2, 0.25) is 0 Å². The molecule has 0 aliphatic heterocycles. The highest BCUT2D eigenvalue weighted by Gasteiger charge is 2.22. The fraction of sp³-hybridized carbons (Fsp3) is 0.286.